The summed E-state index contributed by atoms with van der Waals surface area (Å²) < 4.78 is 0. The van der Waals surface area contributed by atoms with E-state index in [1.54, 1.807) is 24.3 Å². The maximum Gasteiger partial charge on any atom is 0.115 e. The Balaban J connectivity index is 1.96. The standard InChI is InChI=1S/C12H12N2O/c15-12-8-6-11(7-9-12)14-13-10-4-2-1-3-5-10/h1-9,13-15H. The van der Waals surface area contributed by atoms with E-state index < -0.39 is 0 Å². The molecule has 0 radical (unpaired) electrons. The minimum absolute atomic E-state index is 0.264. The Morgan fingerprint density at radius 3 is 1.80 bits per heavy atom. The van der Waals surface area contributed by atoms with E-state index in [1.165, 1.54) is 0 Å². The first-order valence-electron chi connectivity index (χ1n) is 4.71. The average Bonchev–Trinajstić information content (AvgIpc) is 2.30. The van der Waals surface area contributed by atoms with E-state index in [4.69, 9.17) is 5.11 Å². The second-order valence-electron chi connectivity index (χ2n) is 3.16. The summed E-state index contributed by atoms with van der Waals surface area (Å²) in [6, 6.07) is 16.7. The molecule has 0 aliphatic carbocycles. The normalized spacial score (nSPS) is 9.60. The first kappa shape index (κ1) is 9.40. The summed E-state index contributed by atoms with van der Waals surface area (Å²) in [6.45, 7) is 0. The SMILES string of the molecule is Oc1ccc(NNc2ccccc2)cc1. The molecule has 2 aromatic carbocycles. The molecule has 0 aliphatic rings. The first-order chi connectivity index (χ1) is 7.34. The topological polar surface area (TPSA) is 44.3 Å². The van der Waals surface area contributed by atoms with Crippen LogP contribution in [0.25, 0.3) is 0 Å². The van der Waals surface area contributed by atoms with E-state index in [1.807, 2.05) is 30.3 Å². The van der Waals surface area contributed by atoms with Gasteiger partial charge in [0.25, 0.3) is 0 Å². The van der Waals surface area contributed by atoms with Crippen LogP contribution in [0.15, 0.2) is 54.6 Å². The van der Waals surface area contributed by atoms with Crippen LogP contribution in [-0.2, 0) is 0 Å². The predicted octanol–water partition coefficient (Wildman–Crippen LogP) is 2.83. The summed E-state index contributed by atoms with van der Waals surface area (Å²) in [5, 5.41) is 9.09. The minimum atomic E-state index is 0.264. The highest BCUT2D eigenvalue weighted by Gasteiger charge is 1.91. The molecule has 0 spiro atoms. The predicted molar refractivity (Wildman–Crippen MR) is 61.8 cm³/mol. The average molecular weight is 200 g/mol. The van der Waals surface area contributed by atoms with Crippen molar-refractivity contribution < 1.29 is 5.11 Å². The van der Waals surface area contributed by atoms with Crippen LogP contribution >= 0.6 is 0 Å². The van der Waals surface area contributed by atoms with Gasteiger partial charge in [0.05, 0.1) is 11.4 Å². The number of hydrazine groups is 1. The van der Waals surface area contributed by atoms with Crippen molar-refractivity contribution in [1.82, 2.24) is 0 Å². The Morgan fingerprint density at radius 1 is 0.667 bits per heavy atom. The van der Waals surface area contributed by atoms with Crippen LogP contribution in [0.4, 0.5) is 11.4 Å². The number of hydrogen-bond acceptors (Lipinski definition) is 3. The lowest BCUT2D eigenvalue weighted by molar-refractivity contribution is 0.475. The van der Waals surface area contributed by atoms with Crippen molar-refractivity contribution in [3.8, 4) is 5.75 Å². The van der Waals surface area contributed by atoms with Crippen LogP contribution in [0.2, 0.25) is 0 Å². The van der Waals surface area contributed by atoms with Gasteiger partial charge in [-0.05, 0) is 36.4 Å². The van der Waals surface area contributed by atoms with Crippen molar-refractivity contribution in [1.29, 1.82) is 0 Å². The smallest absolute Gasteiger partial charge is 0.115 e. The second kappa shape index (κ2) is 4.37. The summed E-state index contributed by atoms with van der Waals surface area (Å²) in [7, 11) is 0. The van der Waals surface area contributed by atoms with Crippen LogP contribution in [0.3, 0.4) is 0 Å². The molecule has 0 unspecified atom stereocenters. The molecule has 15 heavy (non-hydrogen) atoms. The van der Waals surface area contributed by atoms with Gasteiger partial charge in [-0.3, -0.25) is 0 Å². The molecule has 2 rings (SSSR count). The van der Waals surface area contributed by atoms with Crippen molar-refractivity contribution in [2.24, 2.45) is 0 Å². The van der Waals surface area contributed by atoms with Crippen LogP contribution < -0.4 is 10.9 Å². The molecule has 0 aliphatic heterocycles. The molecule has 0 fully saturated rings. The molecule has 0 saturated heterocycles. The third-order valence-electron chi connectivity index (χ3n) is 1.99. The van der Waals surface area contributed by atoms with E-state index in [2.05, 4.69) is 10.9 Å². The molecule has 0 amide bonds. The second-order valence-corrected chi connectivity index (χ2v) is 3.16. The molecule has 2 aromatic rings. The Morgan fingerprint density at radius 2 is 1.20 bits per heavy atom. The third kappa shape index (κ3) is 2.64. The van der Waals surface area contributed by atoms with Gasteiger partial charge in [0.2, 0.25) is 0 Å². The van der Waals surface area contributed by atoms with Crippen LogP contribution in [0.1, 0.15) is 0 Å². The summed E-state index contributed by atoms with van der Waals surface area (Å²) in [4.78, 5) is 0. The fraction of sp³-hybridized carbons (Fsp3) is 0. The summed E-state index contributed by atoms with van der Waals surface area (Å²) in [5.74, 6) is 0.264. The van der Waals surface area contributed by atoms with Gasteiger partial charge in [-0.25, -0.2) is 0 Å². The Kier molecular flexibility index (Phi) is 2.74. The molecule has 0 bridgehead atoms. The van der Waals surface area contributed by atoms with Crippen molar-refractivity contribution in [3.05, 3.63) is 54.6 Å². The number of benzene rings is 2. The van der Waals surface area contributed by atoms with E-state index in [0.29, 0.717) is 0 Å². The lowest BCUT2D eigenvalue weighted by atomic mass is 10.3. The summed E-state index contributed by atoms with van der Waals surface area (Å²) in [6.07, 6.45) is 0. The number of rotatable bonds is 3. The van der Waals surface area contributed by atoms with Crippen molar-refractivity contribution >= 4 is 11.4 Å². The molecule has 76 valence electrons. The number of phenols is 1. The van der Waals surface area contributed by atoms with E-state index >= 15 is 0 Å². The number of para-hydroxylation sites is 1. The Hall–Kier alpha value is -2.16. The lowest BCUT2D eigenvalue weighted by Crippen LogP contribution is -2.07. The molecular formula is C12H12N2O. The van der Waals surface area contributed by atoms with E-state index in [-0.39, 0.29) is 5.75 Å². The Bertz CT molecular complexity index is 411. The van der Waals surface area contributed by atoms with Gasteiger partial charge in [-0.2, -0.15) is 0 Å². The largest absolute Gasteiger partial charge is 0.508 e. The zero-order chi connectivity index (χ0) is 10.5. The zero-order valence-corrected chi connectivity index (χ0v) is 8.14. The highest BCUT2D eigenvalue weighted by molar-refractivity contribution is 5.53. The molecule has 3 nitrogen and oxygen atoms in total. The monoisotopic (exact) mass is 200 g/mol. The van der Waals surface area contributed by atoms with Crippen LogP contribution in [-0.4, -0.2) is 5.11 Å². The Labute approximate surface area is 88.4 Å². The highest BCUT2D eigenvalue weighted by Crippen LogP contribution is 2.14. The first-order valence-corrected chi connectivity index (χ1v) is 4.71. The number of nitrogens with one attached hydrogen (secondary N) is 2. The van der Waals surface area contributed by atoms with Gasteiger partial charge >= 0.3 is 0 Å². The molecule has 3 N–H and O–H groups in total. The lowest BCUT2D eigenvalue weighted by Gasteiger charge is -2.09. The van der Waals surface area contributed by atoms with Gasteiger partial charge in [-0.15, -0.1) is 0 Å². The van der Waals surface area contributed by atoms with Gasteiger partial charge < -0.3 is 16.0 Å². The molecule has 0 atom stereocenters. The van der Waals surface area contributed by atoms with Gasteiger partial charge in [0.15, 0.2) is 0 Å². The maximum absolute atomic E-state index is 9.09. The quantitative estimate of drug-likeness (QED) is 0.527. The van der Waals surface area contributed by atoms with E-state index in [9.17, 15) is 0 Å². The van der Waals surface area contributed by atoms with Crippen molar-refractivity contribution in [3.63, 3.8) is 0 Å². The number of hydrogen-bond donors (Lipinski definition) is 3. The summed E-state index contributed by atoms with van der Waals surface area (Å²) in [5.41, 5.74) is 7.97. The highest BCUT2D eigenvalue weighted by atomic mass is 16.3. The summed E-state index contributed by atoms with van der Waals surface area (Å²) >= 11 is 0. The number of aromatic hydroxyl groups is 1. The zero-order valence-electron chi connectivity index (χ0n) is 8.14. The van der Waals surface area contributed by atoms with Crippen LogP contribution in [0, 0.1) is 0 Å². The van der Waals surface area contributed by atoms with Crippen LogP contribution in [0.5, 0.6) is 5.75 Å². The molecular weight excluding hydrogens is 188 g/mol. The molecule has 3 heteroatoms. The molecule has 0 heterocycles. The van der Waals surface area contributed by atoms with Gasteiger partial charge in [0.1, 0.15) is 5.75 Å². The van der Waals surface area contributed by atoms with E-state index in [0.717, 1.165) is 11.4 Å². The number of phenolic OH excluding ortho intramolecular Hbond substituents is 1. The fourth-order valence-electron chi connectivity index (χ4n) is 1.21. The third-order valence-corrected chi connectivity index (χ3v) is 1.99. The van der Waals surface area contributed by atoms with Gasteiger partial charge in [0, 0.05) is 0 Å². The minimum Gasteiger partial charge on any atom is -0.508 e. The van der Waals surface area contributed by atoms with Crippen molar-refractivity contribution in [2.45, 2.75) is 0 Å². The molecule has 0 aromatic heterocycles. The maximum atomic E-state index is 9.09. The molecule has 0 saturated carbocycles. The van der Waals surface area contributed by atoms with Crippen molar-refractivity contribution in [2.75, 3.05) is 10.9 Å². The number of anilines is 2. The fourth-order valence-corrected chi connectivity index (χ4v) is 1.21. The van der Waals surface area contributed by atoms with Gasteiger partial charge in [-0.1, -0.05) is 18.2 Å².